The highest BCUT2D eigenvalue weighted by molar-refractivity contribution is 7.26. The zero-order valence-corrected chi connectivity index (χ0v) is 28.3. The molecule has 0 fully saturated rings. The molecule has 0 unspecified atom stereocenters. The van der Waals surface area contributed by atoms with E-state index in [0.29, 0.717) is 6.67 Å². The quantitative estimate of drug-likeness (QED) is 0.178. The standard InChI is InChI=1S/C42H33N5OS/c1-27-21-28(2)40(29(3)22-27)47-26-46(35-14-5-6-15-36(35)47)31-11-10-12-32(25-31)48-37-24-30(23-34-33-13-4-7-16-38(33)49-41(34)37)42-44-19-20-45(42)39-17-8-9-18-43-39/h4-25H,26H2,1-3H3. The fourth-order valence-electron chi connectivity index (χ4n) is 7.27. The SMILES string of the molecule is Cc1cc(C)c(N2CN(c3cccc(Oc4cc(-c5nccn5-c5ccccn5)cc5c4sc4ccccc45)c3)c3ccccc32)c(C)c1. The first-order valence-electron chi connectivity index (χ1n) is 16.4. The van der Waals surface area contributed by atoms with E-state index in [1.165, 1.54) is 43.8 Å². The zero-order chi connectivity index (χ0) is 33.1. The summed E-state index contributed by atoms with van der Waals surface area (Å²) in [6.45, 7) is 7.29. The molecule has 0 saturated heterocycles. The van der Waals surface area contributed by atoms with Gasteiger partial charge in [-0.1, -0.05) is 60.2 Å². The van der Waals surface area contributed by atoms with Crippen LogP contribution < -0.4 is 14.5 Å². The summed E-state index contributed by atoms with van der Waals surface area (Å²) in [5.41, 5.74) is 9.52. The van der Waals surface area contributed by atoms with Crippen LogP contribution in [0.2, 0.25) is 0 Å². The topological polar surface area (TPSA) is 46.4 Å². The molecule has 0 N–H and O–H groups in total. The van der Waals surface area contributed by atoms with Crippen molar-refractivity contribution in [2.24, 2.45) is 0 Å². The summed E-state index contributed by atoms with van der Waals surface area (Å²) >= 11 is 1.75. The number of thiophene rings is 1. The number of hydrogen-bond acceptors (Lipinski definition) is 6. The maximum absolute atomic E-state index is 6.87. The largest absolute Gasteiger partial charge is 0.456 e. The number of ether oxygens (including phenoxy) is 1. The third-order valence-corrected chi connectivity index (χ3v) is 10.4. The number of fused-ring (bicyclic) bond motifs is 4. The van der Waals surface area contributed by atoms with Gasteiger partial charge in [0, 0.05) is 57.1 Å². The molecule has 49 heavy (non-hydrogen) atoms. The van der Waals surface area contributed by atoms with Crippen molar-refractivity contribution in [3.05, 3.63) is 151 Å². The van der Waals surface area contributed by atoms with Gasteiger partial charge in [0.05, 0.1) is 16.1 Å². The number of para-hydroxylation sites is 2. The molecule has 3 aromatic heterocycles. The average Bonchev–Trinajstić information content (AvgIpc) is 3.85. The van der Waals surface area contributed by atoms with Crippen LogP contribution in [0.3, 0.4) is 0 Å². The van der Waals surface area contributed by atoms with Crippen molar-refractivity contribution >= 4 is 54.3 Å². The molecule has 0 amide bonds. The zero-order valence-electron chi connectivity index (χ0n) is 27.5. The fourth-order valence-corrected chi connectivity index (χ4v) is 8.40. The summed E-state index contributed by atoms with van der Waals surface area (Å²) in [5.74, 6) is 3.21. The van der Waals surface area contributed by atoms with Crippen molar-refractivity contribution in [1.82, 2.24) is 14.5 Å². The van der Waals surface area contributed by atoms with Crippen molar-refractivity contribution in [1.29, 1.82) is 0 Å². The van der Waals surface area contributed by atoms with Gasteiger partial charge < -0.3 is 14.5 Å². The summed E-state index contributed by atoms with van der Waals surface area (Å²) in [6.07, 6.45) is 5.58. The van der Waals surface area contributed by atoms with E-state index in [9.17, 15) is 0 Å². The lowest BCUT2D eigenvalue weighted by atomic mass is 10.0. The van der Waals surface area contributed by atoms with Crippen LogP contribution in [0.5, 0.6) is 11.5 Å². The number of aromatic nitrogens is 3. The van der Waals surface area contributed by atoms with Gasteiger partial charge in [0.25, 0.3) is 0 Å². The molecule has 0 spiro atoms. The summed E-state index contributed by atoms with van der Waals surface area (Å²) < 4.78 is 11.2. The molecule has 4 heterocycles. The Morgan fingerprint density at radius 2 is 1.45 bits per heavy atom. The number of aryl methyl sites for hydroxylation is 3. The molecule has 8 aromatic rings. The normalized spacial score (nSPS) is 12.6. The van der Waals surface area contributed by atoms with Crippen LogP contribution in [0.25, 0.3) is 37.4 Å². The molecule has 9 rings (SSSR count). The molecule has 238 valence electrons. The smallest absolute Gasteiger partial charge is 0.145 e. The Kier molecular flexibility index (Phi) is 6.95. The Morgan fingerprint density at radius 1 is 0.673 bits per heavy atom. The second-order valence-electron chi connectivity index (χ2n) is 12.6. The average molecular weight is 656 g/mol. The Balaban J connectivity index is 1.13. The Labute approximate surface area is 289 Å². The van der Waals surface area contributed by atoms with Gasteiger partial charge in [-0.3, -0.25) is 4.57 Å². The molecule has 0 atom stereocenters. The number of anilines is 4. The van der Waals surface area contributed by atoms with Crippen LogP contribution in [0.15, 0.2) is 134 Å². The van der Waals surface area contributed by atoms with Gasteiger partial charge in [-0.25, -0.2) is 9.97 Å². The highest BCUT2D eigenvalue weighted by Gasteiger charge is 2.30. The van der Waals surface area contributed by atoms with Crippen molar-refractivity contribution in [2.45, 2.75) is 20.8 Å². The Hall–Kier alpha value is -5.92. The maximum Gasteiger partial charge on any atom is 0.145 e. The lowest BCUT2D eigenvalue weighted by Crippen LogP contribution is -2.25. The molecule has 6 nitrogen and oxygen atoms in total. The van der Waals surface area contributed by atoms with Crippen LogP contribution in [0.1, 0.15) is 16.7 Å². The second-order valence-corrected chi connectivity index (χ2v) is 13.6. The van der Waals surface area contributed by atoms with Gasteiger partial charge in [0.15, 0.2) is 0 Å². The maximum atomic E-state index is 6.87. The monoisotopic (exact) mass is 655 g/mol. The van der Waals surface area contributed by atoms with Crippen LogP contribution in [-0.4, -0.2) is 21.2 Å². The van der Waals surface area contributed by atoms with Crippen molar-refractivity contribution < 1.29 is 4.74 Å². The summed E-state index contributed by atoms with van der Waals surface area (Å²) in [7, 11) is 0. The first-order chi connectivity index (χ1) is 24.0. The summed E-state index contributed by atoms with van der Waals surface area (Å²) in [5, 5.41) is 2.35. The minimum absolute atomic E-state index is 0.708. The van der Waals surface area contributed by atoms with E-state index >= 15 is 0 Å². The number of imidazole rings is 1. The number of pyridine rings is 1. The number of nitrogens with zero attached hydrogens (tertiary/aromatic N) is 5. The molecule has 0 radical (unpaired) electrons. The van der Waals surface area contributed by atoms with E-state index in [2.05, 4.69) is 127 Å². The molecule has 0 bridgehead atoms. The van der Waals surface area contributed by atoms with Crippen molar-refractivity contribution in [3.8, 4) is 28.7 Å². The van der Waals surface area contributed by atoms with Crippen LogP contribution in [-0.2, 0) is 0 Å². The van der Waals surface area contributed by atoms with Crippen LogP contribution >= 0.6 is 11.3 Å². The number of rotatable bonds is 6. The summed E-state index contributed by atoms with van der Waals surface area (Å²) in [6, 6.07) is 40.4. The Bertz CT molecular complexity index is 2490. The third kappa shape index (κ3) is 5.02. The molecule has 1 aliphatic heterocycles. The minimum Gasteiger partial charge on any atom is -0.456 e. The van der Waals surface area contributed by atoms with Crippen LogP contribution in [0.4, 0.5) is 22.7 Å². The minimum atomic E-state index is 0.708. The number of hydrogen-bond donors (Lipinski definition) is 0. The van der Waals surface area contributed by atoms with Crippen LogP contribution in [0, 0.1) is 20.8 Å². The van der Waals surface area contributed by atoms with Gasteiger partial charge in [0.1, 0.15) is 29.8 Å². The highest BCUT2D eigenvalue weighted by atomic mass is 32.1. The first-order valence-corrected chi connectivity index (χ1v) is 17.2. The van der Waals surface area contributed by atoms with E-state index in [1.54, 1.807) is 17.5 Å². The fraction of sp³-hybridized carbons (Fsp3) is 0.0952. The van der Waals surface area contributed by atoms with E-state index < -0.39 is 0 Å². The third-order valence-electron chi connectivity index (χ3n) is 9.25. The molecule has 5 aromatic carbocycles. The first kappa shape index (κ1) is 29.2. The lowest BCUT2D eigenvalue weighted by Gasteiger charge is -2.25. The highest BCUT2D eigenvalue weighted by Crippen LogP contribution is 2.48. The van der Waals surface area contributed by atoms with Gasteiger partial charge in [-0.2, -0.15) is 0 Å². The van der Waals surface area contributed by atoms with E-state index in [1.807, 2.05) is 41.2 Å². The van der Waals surface area contributed by atoms with Gasteiger partial charge in [-0.05, 0) is 86.5 Å². The van der Waals surface area contributed by atoms with Gasteiger partial charge in [0.2, 0.25) is 0 Å². The second kappa shape index (κ2) is 11.6. The molecular weight excluding hydrogens is 623 g/mol. The lowest BCUT2D eigenvalue weighted by molar-refractivity contribution is 0.489. The predicted molar refractivity (Wildman–Crippen MR) is 202 cm³/mol. The molecule has 0 aliphatic carbocycles. The van der Waals surface area contributed by atoms with E-state index in [-0.39, 0.29) is 0 Å². The number of benzene rings is 5. The molecule has 1 aliphatic rings. The molecular formula is C42H33N5OS. The van der Waals surface area contributed by atoms with Crippen molar-refractivity contribution in [3.63, 3.8) is 0 Å². The Morgan fingerprint density at radius 3 is 2.27 bits per heavy atom. The summed E-state index contributed by atoms with van der Waals surface area (Å²) in [4.78, 5) is 14.2. The van der Waals surface area contributed by atoms with E-state index in [4.69, 9.17) is 9.72 Å². The van der Waals surface area contributed by atoms with Crippen molar-refractivity contribution in [2.75, 3.05) is 16.5 Å². The molecule has 0 saturated carbocycles. The predicted octanol–water partition coefficient (Wildman–Crippen LogP) is 11.3. The molecule has 7 heteroatoms. The van der Waals surface area contributed by atoms with Gasteiger partial charge >= 0.3 is 0 Å². The van der Waals surface area contributed by atoms with E-state index in [0.717, 1.165) is 44.5 Å². The van der Waals surface area contributed by atoms with Gasteiger partial charge in [-0.15, -0.1) is 11.3 Å².